The number of hydrogen-bond acceptors (Lipinski definition) is 4. The third-order valence-corrected chi connectivity index (χ3v) is 12.2. The van der Waals surface area contributed by atoms with E-state index in [1.54, 1.807) is 6.20 Å². The fourth-order valence-corrected chi connectivity index (χ4v) is 9.83. The third-order valence-electron chi connectivity index (χ3n) is 11.1. The molecule has 3 heterocycles. The van der Waals surface area contributed by atoms with Gasteiger partial charge in [-0.05, 0) is 74.8 Å². The van der Waals surface area contributed by atoms with Crippen LogP contribution in [0, 0.1) is 0 Å². The lowest BCUT2D eigenvalue weighted by atomic mass is 9.54. The van der Waals surface area contributed by atoms with Crippen molar-refractivity contribution in [2.75, 3.05) is 0 Å². The van der Waals surface area contributed by atoms with Crippen molar-refractivity contribution in [3.05, 3.63) is 209 Å². The van der Waals surface area contributed by atoms with Gasteiger partial charge >= 0.3 is 0 Å². The number of pyridine rings is 1. The number of fused-ring (bicyclic) bond motifs is 8. The molecule has 1 aliphatic carbocycles. The normalized spacial score (nSPS) is 14.5. The highest BCUT2D eigenvalue weighted by Gasteiger charge is 2.51. The topological polar surface area (TPSA) is 38.7 Å². The molecule has 0 fully saturated rings. The molecule has 8 aromatic rings. The van der Waals surface area contributed by atoms with Gasteiger partial charge in [0.2, 0.25) is 0 Å². The molecule has 1 aliphatic heterocycles. The van der Waals surface area contributed by atoms with Crippen LogP contribution in [0.15, 0.2) is 186 Å². The zero-order chi connectivity index (χ0) is 35.6. The van der Waals surface area contributed by atoms with Crippen LogP contribution in [0.4, 0.5) is 0 Å². The van der Waals surface area contributed by atoms with Gasteiger partial charge < -0.3 is 0 Å². The highest BCUT2D eigenvalue weighted by molar-refractivity contribution is 7.99. The Kier molecular flexibility index (Phi) is 7.31. The van der Waals surface area contributed by atoms with Crippen molar-refractivity contribution < 1.29 is 0 Å². The lowest BCUT2D eigenvalue weighted by Gasteiger charge is -2.50. The van der Waals surface area contributed by atoms with Crippen LogP contribution in [0.5, 0.6) is 0 Å². The highest BCUT2D eigenvalue weighted by atomic mass is 32.2. The fraction of sp³-hybridized carbons (Fsp3) is 0.0816. The van der Waals surface area contributed by atoms with Crippen LogP contribution in [0.2, 0.25) is 0 Å². The minimum Gasteiger partial charge on any atom is -0.255 e. The molecule has 0 atom stereocenters. The van der Waals surface area contributed by atoms with E-state index in [0.717, 1.165) is 33.8 Å². The molecule has 2 aliphatic rings. The molecule has 0 saturated heterocycles. The molecule has 0 amide bonds. The number of nitrogens with zero attached hydrogens (tertiary/aromatic N) is 3. The quantitative estimate of drug-likeness (QED) is 0.183. The second-order valence-corrected chi connectivity index (χ2v) is 15.5. The Hall–Kier alpha value is -6.10. The second-order valence-electron chi connectivity index (χ2n) is 14.4. The first kappa shape index (κ1) is 31.6. The molecule has 0 saturated carbocycles. The molecule has 2 aromatic heterocycles. The second kappa shape index (κ2) is 12.3. The molecule has 4 heteroatoms. The van der Waals surface area contributed by atoms with E-state index in [9.17, 15) is 0 Å². The molecular weight excluding hydrogens is 663 g/mol. The van der Waals surface area contributed by atoms with Crippen LogP contribution in [0.3, 0.4) is 0 Å². The van der Waals surface area contributed by atoms with Crippen molar-refractivity contribution >= 4 is 11.8 Å². The molecule has 0 N–H and O–H groups in total. The van der Waals surface area contributed by atoms with Crippen LogP contribution in [0.1, 0.15) is 47.2 Å². The van der Waals surface area contributed by atoms with Crippen LogP contribution < -0.4 is 0 Å². The maximum atomic E-state index is 5.03. The SMILES string of the molecule is CC1(C)c2ccccc2C2(c3ccccc3Sc3cc(-c4ccc(-c5cc(-c6ccccn6)nc(-c6ccccc6)n5)cc4)ccc32)c2ccccc21. The summed E-state index contributed by atoms with van der Waals surface area (Å²) in [5.74, 6) is 0.683. The van der Waals surface area contributed by atoms with E-state index in [0.29, 0.717) is 5.82 Å². The van der Waals surface area contributed by atoms with Gasteiger partial charge in [-0.25, -0.2) is 9.97 Å². The van der Waals surface area contributed by atoms with E-state index in [1.165, 1.54) is 48.7 Å². The van der Waals surface area contributed by atoms with E-state index in [1.807, 2.05) is 66.4 Å². The van der Waals surface area contributed by atoms with Crippen LogP contribution in [-0.4, -0.2) is 15.0 Å². The lowest BCUT2D eigenvalue weighted by molar-refractivity contribution is 0.549. The summed E-state index contributed by atoms with van der Waals surface area (Å²) in [5, 5.41) is 0. The summed E-state index contributed by atoms with van der Waals surface area (Å²) in [6.07, 6.45) is 1.80. The minimum absolute atomic E-state index is 0.121. The standard InChI is InChI=1S/C49H35N3S/c1-48(2)36-16-6-8-18-38(36)49(39-19-9-7-17-37(39)48)40-20-10-11-22-45(40)53-46-30-35(27-28-41(46)49)32-23-25-33(26-24-32)43-31-44(42-21-12-13-29-50-42)52-47(51-43)34-14-4-3-5-15-34/h3-31H,1-2H3. The van der Waals surface area contributed by atoms with Gasteiger partial charge in [0.15, 0.2) is 5.82 Å². The van der Waals surface area contributed by atoms with Gasteiger partial charge in [0.05, 0.1) is 22.5 Å². The third kappa shape index (κ3) is 4.93. The zero-order valence-electron chi connectivity index (χ0n) is 29.5. The largest absolute Gasteiger partial charge is 0.255 e. The first-order chi connectivity index (χ1) is 26.0. The smallest absolute Gasteiger partial charge is 0.160 e. The summed E-state index contributed by atoms with van der Waals surface area (Å²) in [6, 6.07) is 61.2. The summed E-state index contributed by atoms with van der Waals surface area (Å²) in [5.41, 5.74) is 14.5. The summed E-state index contributed by atoms with van der Waals surface area (Å²) < 4.78 is 0. The van der Waals surface area contributed by atoms with Gasteiger partial charge in [-0.1, -0.05) is 165 Å². The number of rotatable bonds is 4. The van der Waals surface area contributed by atoms with E-state index in [4.69, 9.17) is 9.97 Å². The monoisotopic (exact) mass is 697 g/mol. The van der Waals surface area contributed by atoms with Crippen LogP contribution in [0.25, 0.3) is 45.2 Å². The molecule has 6 aromatic carbocycles. The Morgan fingerprint density at radius 2 is 0.962 bits per heavy atom. The number of benzene rings is 6. The Bertz CT molecular complexity index is 2560. The summed E-state index contributed by atoms with van der Waals surface area (Å²) in [7, 11) is 0. The summed E-state index contributed by atoms with van der Waals surface area (Å²) >= 11 is 1.88. The van der Waals surface area contributed by atoms with Crippen molar-refractivity contribution in [1.82, 2.24) is 15.0 Å². The van der Waals surface area contributed by atoms with Gasteiger partial charge in [-0.2, -0.15) is 0 Å². The first-order valence-electron chi connectivity index (χ1n) is 18.1. The maximum absolute atomic E-state index is 5.03. The molecule has 0 radical (unpaired) electrons. The fourth-order valence-electron chi connectivity index (χ4n) is 8.60. The van der Waals surface area contributed by atoms with E-state index < -0.39 is 5.41 Å². The first-order valence-corrected chi connectivity index (χ1v) is 18.9. The Morgan fingerprint density at radius 3 is 1.66 bits per heavy atom. The van der Waals surface area contributed by atoms with Crippen molar-refractivity contribution in [3.63, 3.8) is 0 Å². The summed E-state index contributed by atoms with van der Waals surface area (Å²) in [4.78, 5) is 17.1. The van der Waals surface area contributed by atoms with Gasteiger partial charge in [0, 0.05) is 32.5 Å². The van der Waals surface area contributed by atoms with Crippen molar-refractivity contribution in [2.24, 2.45) is 0 Å². The van der Waals surface area contributed by atoms with E-state index in [-0.39, 0.29) is 5.41 Å². The Balaban J connectivity index is 1.10. The van der Waals surface area contributed by atoms with Gasteiger partial charge in [0.25, 0.3) is 0 Å². The van der Waals surface area contributed by atoms with E-state index in [2.05, 4.69) is 134 Å². The summed E-state index contributed by atoms with van der Waals surface area (Å²) in [6.45, 7) is 4.75. The molecule has 0 unspecified atom stereocenters. The highest BCUT2D eigenvalue weighted by Crippen LogP contribution is 2.61. The average Bonchev–Trinajstić information content (AvgIpc) is 3.23. The molecule has 10 rings (SSSR count). The predicted molar refractivity (Wildman–Crippen MR) is 216 cm³/mol. The number of hydrogen-bond donors (Lipinski definition) is 0. The van der Waals surface area contributed by atoms with E-state index >= 15 is 0 Å². The molecule has 252 valence electrons. The maximum Gasteiger partial charge on any atom is 0.160 e. The lowest BCUT2D eigenvalue weighted by Crippen LogP contribution is -2.43. The Morgan fingerprint density at radius 1 is 0.396 bits per heavy atom. The molecule has 3 nitrogen and oxygen atoms in total. The number of aromatic nitrogens is 3. The minimum atomic E-state index is -0.420. The van der Waals surface area contributed by atoms with Crippen molar-refractivity contribution in [3.8, 4) is 45.2 Å². The molecular formula is C49H35N3S. The van der Waals surface area contributed by atoms with Crippen molar-refractivity contribution in [1.29, 1.82) is 0 Å². The molecule has 0 bridgehead atoms. The van der Waals surface area contributed by atoms with Crippen LogP contribution >= 0.6 is 11.8 Å². The van der Waals surface area contributed by atoms with Gasteiger partial charge in [-0.15, -0.1) is 0 Å². The van der Waals surface area contributed by atoms with Gasteiger partial charge in [0.1, 0.15) is 0 Å². The van der Waals surface area contributed by atoms with Crippen molar-refractivity contribution in [2.45, 2.75) is 34.5 Å². The van der Waals surface area contributed by atoms with Gasteiger partial charge in [-0.3, -0.25) is 4.98 Å². The Labute approximate surface area is 314 Å². The zero-order valence-corrected chi connectivity index (χ0v) is 30.3. The average molecular weight is 698 g/mol. The molecule has 1 spiro atoms. The molecule has 53 heavy (non-hydrogen) atoms. The van der Waals surface area contributed by atoms with Crippen LogP contribution in [-0.2, 0) is 10.8 Å². The predicted octanol–water partition coefficient (Wildman–Crippen LogP) is 12.0.